The molecule has 98 valence electrons. The Balaban J connectivity index is 2.10. The predicted molar refractivity (Wildman–Crippen MR) is 74.1 cm³/mol. The fourth-order valence-electron chi connectivity index (χ4n) is 2.11. The third-order valence-corrected chi connectivity index (χ3v) is 3.54. The molecular weight excluding hydrogens is 285 g/mol. The summed E-state index contributed by atoms with van der Waals surface area (Å²) in [7, 11) is 0. The van der Waals surface area contributed by atoms with Crippen LogP contribution in [0.25, 0.3) is 11.4 Å². The minimum absolute atomic E-state index is 0.114. The predicted octanol–water partition coefficient (Wildman–Crippen LogP) is 3.99. The summed E-state index contributed by atoms with van der Waals surface area (Å²) in [4.78, 5) is 0. The van der Waals surface area contributed by atoms with Crippen LogP contribution in [0.5, 0.6) is 0 Å². The van der Waals surface area contributed by atoms with Crippen molar-refractivity contribution in [1.29, 1.82) is 0 Å². The molecule has 2 aromatic rings. The number of ether oxygens (including phenoxy) is 1. The molecule has 0 saturated heterocycles. The van der Waals surface area contributed by atoms with Crippen molar-refractivity contribution in [2.75, 3.05) is 0 Å². The van der Waals surface area contributed by atoms with Gasteiger partial charge in [-0.25, -0.2) is 0 Å². The summed E-state index contributed by atoms with van der Waals surface area (Å²) in [6.07, 6.45) is 4.34. The highest BCUT2D eigenvalue weighted by atomic mass is 35.5. The van der Waals surface area contributed by atoms with Crippen LogP contribution in [-0.4, -0.2) is 14.8 Å². The molecule has 0 aliphatic carbocycles. The normalized spacial score (nSPS) is 17.7. The van der Waals surface area contributed by atoms with Gasteiger partial charge in [-0.05, 0) is 31.2 Å². The van der Waals surface area contributed by atoms with Gasteiger partial charge < -0.3 is 4.74 Å². The van der Waals surface area contributed by atoms with Crippen molar-refractivity contribution >= 4 is 23.2 Å². The second kappa shape index (κ2) is 4.87. The summed E-state index contributed by atoms with van der Waals surface area (Å²) in [5, 5.41) is 9.45. The summed E-state index contributed by atoms with van der Waals surface area (Å²) in [5.74, 6) is 1.47. The van der Waals surface area contributed by atoms with E-state index in [1.165, 1.54) is 0 Å². The maximum atomic E-state index is 6.23. The minimum Gasteiger partial charge on any atom is -0.478 e. The Hall–Kier alpha value is -1.52. The van der Waals surface area contributed by atoms with Crippen molar-refractivity contribution in [1.82, 2.24) is 14.8 Å². The lowest BCUT2D eigenvalue weighted by molar-refractivity contribution is 0.104. The number of benzene rings is 1. The molecule has 1 aromatic carbocycles. The molecule has 1 aliphatic heterocycles. The van der Waals surface area contributed by atoms with E-state index >= 15 is 0 Å². The molecule has 0 radical (unpaired) electrons. The lowest BCUT2D eigenvalue weighted by atomic mass is 10.2. The molecule has 19 heavy (non-hydrogen) atoms. The fraction of sp³-hybridized carbons (Fsp3) is 0.231. The van der Waals surface area contributed by atoms with Gasteiger partial charge in [-0.3, -0.25) is 4.57 Å². The fourth-order valence-corrected chi connectivity index (χ4v) is 2.60. The van der Waals surface area contributed by atoms with Gasteiger partial charge in [0.25, 0.3) is 0 Å². The number of hydrogen-bond donors (Lipinski definition) is 0. The van der Waals surface area contributed by atoms with E-state index in [1.807, 2.05) is 23.6 Å². The largest absolute Gasteiger partial charge is 0.478 e. The number of hydrogen-bond acceptors (Lipinski definition) is 3. The Labute approximate surface area is 120 Å². The highest BCUT2D eigenvalue weighted by Gasteiger charge is 2.22. The Kier molecular flexibility index (Phi) is 3.21. The van der Waals surface area contributed by atoms with Gasteiger partial charge in [0.15, 0.2) is 12.1 Å². The van der Waals surface area contributed by atoms with E-state index in [1.54, 1.807) is 18.4 Å². The van der Waals surface area contributed by atoms with Crippen LogP contribution in [0, 0.1) is 6.92 Å². The van der Waals surface area contributed by atoms with Gasteiger partial charge >= 0.3 is 0 Å². The first-order valence-electron chi connectivity index (χ1n) is 5.84. The number of aryl methyl sites for hydroxylation is 1. The van der Waals surface area contributed by atoms with Crippen LogP contribution in [0.2, 0.25) is 10.0 Å². The zero-order valence-electron chi connectivity index (χ0n) is 10.2. The molecule has 0 N–H and O–H groups in total. The second-order valence-corrected chi connectivity index (χ2v) is 5.11. The van der Waals surface area contributed by atoms with Crippen LogP contribution in [0.1, 0.15) is 18.5 Å². The van der Waals surface area contributed by atoms with E-state index in [0.717, 1.165) is 17.8 Å². The number of rotatable bonds is 2. The van der Waals surface area contributed by atoms with Crippen LogP contribution >= 0.6 is 23.2 Å². The van der Waals surface area contributed by atoms with Crippen LogP contribution in [0.3, 0.4) is 0 Å². The molecule has 3 rings (SSSR count). The summed E-state index contributed by atoms with van der Waals surface area (Å²) >= 11 is 12.1. The quantitative estimate of drug-likeness (QED) is 0.841. The van der Waals surface area contributed by atoms with Gasteiger partial charge in [0.05, 0.1) is 11.3 Å². The molecule has 0 bridgehead atoms. The Morgan fingerprint density at radius 1 is 1.32 bits per heavy atom. The third-order valence-electron chi connectivity index (χ3n) is 3.00. The van der Waals surface area contributed by atoms with Crippen molar-refractivity contribution < 1.29 is 4.74 Å². The van der Waals surface area contributed by atoms with E-state index in [2.05, 4.69) is 10.2 Å². The first-order valence-corrected chi connectivity index (χ1v) is 6.60. The van der Waals surface area contributed by atoms with E-state index in [4.69, 9.17) is 27.9 Å². The first kappa shape index (κ1) is 12.5. The molecule has 2 heterocycles. The Morgan fingerprint density at radius 2 is 2.16 bits per heavy atom. The smallest absolute Gasteiger partial charge is 0.181 e. The maximum absolute atomic E-state index is 6.23. The van der Waals surface area contributed by atoms with Crippen molar-refractivity contribution in [2.24, 2.45) is 0 Å². The van der Waals surface area contributed by atoms with Gasteiger partial charge in [0.2, 0.25) is 0 Å². The topological polar surface area (TPSA) is 39.9 Å². The van der Waals surface area contributed by atoms with Crippen molar-refractivity contribution in [3.8, 4) is 11.4 Å². The molecule has 0 saturated carbocycles. The summed E-state index contributed by atoms with van der Waals surface area (Å²) in [5.41, 5.74) is 0.794. The van der Waals surface area contributed by atoms with Crippen LogP contribution in [0.4, 0.5) is 0 Å². The first-order chi connectivity index (χ1) is 9.16. The van der Waals surface area contributed by atoms with Gasteiger partial charge in [-0.15, -0.1) is 10.2 Å². The molecule has 4 nitrogen and oxygen atoms in total. The molecule has 0 amide bonds. The average molecular weight is 296 g/mol. The van der Waals surface area contributed by atoms with E-state index in [-0.39, 0.29) is 6.23 Å². The van der Waals surface area contributed by atoms with E-state index in [9.17, 15) is 0 Å². The standard InChI is InChI=1S/C13H11Cl2N3O/c1-8-16-17-13(18(8)12-3-2-6-19-12)10-5-4-9(14)7-11(10)15/h2,4-7,12H,3H2,1H3. The summed E-state index contributed by atoms with van der Waals surface area (Å²) in [6, 6.07) is 5.32. The second-order valence-electron chi connectivity index (χ2n) is 4.26. The molecule has 1 aromatic heterocycles. The van der Waals surface area contributed by atoms with Gasteiger partial charge in [0, 0.05) is 17.0 Å². The Morgan fingerprint density at radius 3 is 2.84 bits per heavy atom. The number of aromatic nitrogens is 3. The third kappa shape index (κ3) is 2.22. The molecule has 1 aliphatic rings. The van der Waals surface area contributed by atoms with Gasteiger partial charge in [0.1, 0.15) is 5.82 Å². The monoisotopic (exact) mass is 295 g/mol. The highest BCUT2D eigenvalue weighted by Crippen LogP contribution is 2.33. The number of nitrogens with zero attached hydrogens (tertiary/aromatic N) is 3. The molecule has 1 unspecified atom stereocenters. The lowest BCUT2D eigenvalue weighted by Gasteiger charge is -2.16. The molecular formula is C13H11Cl2N3O. The van der Waals surface area contributed by atoms with E-state index < -0.39 is 0 Å². The van der Waals surface area contributed by atoms with Crippen LogP contribution < -0.4 is 0 Å². The maximum Gasteiger partial charge on any atom is 0.181 e. The minimum atomic E-state index is -0.114. The molecule has 0 spiro atoms. The van der Waals surface area contributed by atoms with E-state index in [0.29, 0.717) is 15.9 Å². The molecule has 1 atom stereocenters. The lowest BCUT2D eigenvalue weighted by Crippen LogP contribution is -2.10. The van der Waals surface area contributed by atoms with Crippen molar-refractivity contribution in [3.63, 3.8) is 0 Å². The molecule has 6 heteroatoms. The zero-order valence-corrected chi connectivity index (χ0v) is 11.7. The summed E-state index contributed by atoms with van der Waals surface area (Å²) < 4.78 is 7.48. The molecule has 0 fully saturated rings. The average Bonchev–Trinajstić information content (AvgIpc) is 2.98. The van der Waals surface area contributed by atoms with Gasteiger partial charge in [-0.2, -0.15) is 0 Å². The van der Waals surface area contributed by atoms with Crippen LogP contribution in [0.15, 0.2) is 30.5 Å². The van der Waals surface area contributed by atoms with Crippen molar-refractivity contribution in [3.05, 3.63) is 46.4 Å². The zero-order chi connectivity index (χ0) is 13.4. The number of halogens is 2. The SMILES string of the molecule is Cc1nnc(-c2ccc(Cl)cc2Cl)n1C1CC=CO1. The summed E-state index contributed by atoms with van der Waals surface area (Å²) in [6.45, 7) is 1.89. The Bertz CT molecular complexity index is 643. The highest BCUT2D eigenvalue weighted by molar-refractivity contribution is 6.36. The van der Waals surface area contributed by atoms with Crippen molar-refractivity contribution in [2.45, 2.75) is 19.6 Å². The van der Waals surface area contributed by atoms with Gasteiger partial charge in [-0.1, -0.05) is 23.2 Å². The van der Waals surface area contributed by atoms with Crippen LogP contribution in [-0.2, 0) is 4.74 Å².